The number of hydrazine groups is 1. The van der Waals surface area contributed by atoms with E-state index in [0.717, 1.165) is 16.7 Å². The van der Waals surface area contributed by atoms with Gasteiger partial charge in [-0.1, -0.05) is 29.8 Å². The Hall–Kier alpha value is -1.71. The zero-order chi connectivity index (χ0) is 14.9. The van der Waals surface area contributed by atoms with Crippen molar-refractivity contribution in [2.75, 3.05) is 0 Å². The first-order valence-corrected chi connectivity index (χ1v) is 6.74. The van der Waals surface area contributed by atoms with Crippen LogP contribution in [0, 0.1) is 33.5 Å². The smallest absolute Gasteiger partial charge is 0.128 e. The summed E-state index contributed by atoms with van der Waals surface area (Å²) in [5, 5.41) is 0. The summed E-state index contributed by atoms with van der Waals surface area (Å²) in [5.41, 5.74) is 8.88. The monoisotopic (exact) mass is 272 g/mol. The SMILES string of the molecule is Cc1ccc(F)c(C(NN)c2cc(C)c(C)cc2C)c1. The minimum Gasteiger partial charge on any atom is -0.271 e. The van der Waals surface area contributed by atoms with Gasteiger partial charge < -0.3 is 0 Å². The van der Waals surface area contributed by atoms with Crippen LogP contribution in [0.1, 0.15) is 39.4 Å². The van der Waals surface area contributed by atoms with Crippen molar-refractivity contribution < 1.29 is 4.39 Å². The number of benzene rings is 2. The summed E-state index contributed by atoms with van der Waals surface area (Å²) in [6.45, 7) is 8.10. The number of hydrogen-bond acceptors (Lipinski definition) is 2. The lowest BCUT2D eigenvalue weighted by atomic mass is 9.91. The predicted octanol–water partition coefficient (Wildman–Crippen LogP) is 3.61. The fourth-order valence-corrected chi connectivity index (χ4v) is 2.53. The summed E-state index contributed by atoms with van der Waals surface area (Å²) in [5.74, 6) is 5.46. The molecule has 3 N–H and O–H groups in total. The maximum absolute atomic E-state index is 14.1. The Balaban J connectivity index is 2.58. The highest BCUT2D eigenvalue weighted by molar-refractivity contribution is 5.43. The quantitative estimate of drug-likeness (QED) is 0.661. The molecule has 0 aliphatic rings. The molecule has 0 saturated heterocycles. The molecule has 0 saturated carbocycles. The topological polar surface area (TPSA) is 38.0 Å². The van der Waals surface area contributed by atoms with Crippen molar-refractivity contribution in [1.82, 2.24) is 5.43 Å². The molecule has 20 heavy (non-hydrogen) atoms. The van der Waals surface area contributed by atoms with Gasteiger partial charge in [-0.05, 0) is 56.0 Å². The number of nitrogens with two attached hydrogens (primary N) is 1. The maximum Gasteiger partial charge on any atom is 0.128 e. The van der Waals surface area contributed by atoms with Crippen molar-refractivity contribution in [3.63, 3.8) is 0 Å². The molecule has 0 bridgehead atoms. The second-order valence-corrected chi connectivity index (χ2v) is 5.42. The van der Waals surface area contributed by atoms with Crippen LogP contribution in [0.4, 0.5) is 4.39 Å². The number of hydrogen-bond donors (Lipinski definition) is 2. The van der Waals surface area contributed by atoms with Crippen LogP contribution < -0.4 is 11.3 Å². The lowest BCUT2D eigenvalue weighted by Crippen LogP contribution is -2.30. The Kier molecular flexibility index (Phi) is 4.21. The summed E-state index contributed by atoms with van der Waals surface area (Å²) in [6, 6.07) is 8.95. The molecule has 0 heterocycles. The highest BCUT2D eigenvalue weighted by atomic mass is 19.1. The third kappa shape index (κ3) is 2.74. The standard InChI is InChI=1S/C17H21FN2/c1-10-5-6-16(18)15(7-10)17(20-19)14-9-12(3)11(2)8-13(14)4/h5-9,17,20H,19H2,1-4H3. The first kappa shape index (κ1) is 14.7. The highest BCUT2D eigenvalue weighted by Gasteiger charge is 2.19. The number of halogens is 1. The number of nitrogens with one attached hydrogen (secondary N) is 1. The van der Waals surface area contributed by atoms with Gasteiger partial charge in [0.05, 0.1) is 6.04 Å². The third-order valence-corrected chi connectivity index (χ3v) is 3.82. The second-order valence-electron chi connectivity index (χ2n) is 5.42. The van der Waals surface area contributed by atoms with E-state index in [2.05, 4.69) is 31.4 Å². The molecule has 0 aromatic heterocycles. The molecular weight excluding hydrogens is 251 g/mol. The molecule has 0 spiro atoms. The lowest BCUT2D eigenvalue weighted by molar-refractivity contribution is 0.558. The van der Waals surface area contributed by atoms with E-state index in [1.54, 1.807) is 6.07 Å². The lowest BCUT2D eigenvalue weighted by Gasteiger charge is -2.21. The molecule has 3 heteroatoms. The molecule has 0 radical (unpaired) electrons. The normalized spacial score (nSPS) is 12.5. The van der Waals surface area contributed by atoms with Gasteiger partial charge in [0.1, 0.15) is 5.82 Å². The average Bonchev–Trinajstić information content (AvgIpc) is 2.40. The highest BCUT2D eigenvalue weighted by Crippen LogP contribution is 2.28. The van der Waals surface area contributed by atoms with Gasteiger partial charge in [0.25, 0.3) is 0 Å². The molecule has 106 valence electrons. The van der Waals surface area contributed by atoms with E-state index in [0.29, 0.717) is 5.56 Å². The van der Waals surface area contributed by atoms with E-state index in [1.807, 2.05) is 19.9 Å². The van der Waals surface area contributed by atoms with Gasteiger partial charge in [0.2, 0.25) is 0 Å². The van der Waals surface area contributed by atoms with E-state index in [9.17, 15) is 4.39 Å². The van der Waals surface area contributed by atoms with Gasteiger partial charge in [-0.25, -0.2) is 9.82 Å². The van der Waals surface area contributed by atoms with Crippen LogP contribution in [0.15, 0.2) is 30.3 Å². The van der Waals surface area contributed by atoms with E-state index < -0.39 is 0 Å². The minimum atomic E-state index is -0.339. The van der Waals surface area contributed by atoms with Crippen LogP contribution in [0.5, 0.6) is 0 Å². The van der Waals surface area contributed by atoms with Gasteiger partial charge >= 0.3 is 0 Å². The fraction of sp³-hybridized carbons (Fsp3) is 0.294. The molecular formula is C17H21FN2. The van der Waals surface area contributed by atoms with E-state index >= 15 is 0 Å². The van der Waals surface area contributed by atoms with Gasteiger partial charge in [-0.15, -0.1) is 0 Å². The van der Waals surface area contributed by atoms with Crippen LogP contribution in [0.3, 0.4) is 0 Å². The van der Waals surface area contributed by atoms with E-state index in [1.165, 1.54) is 17.2 Å². The van der Waals surface area contributed by atoms with Crippen LogP contribution in [0.2, 0.25) is 0 Å². The zero-order valence-corrected chi connectivity index (χ0v) is 12.4. The molecule has 0 aliphatic heterocycles. The number of aryl methyl sites for hydroxylation is 4. The Morgan fingerprint density at radius 3 is 2.20 bits per heavy atom. The summed E-state index contributed by atoms with van der Waals surface area (Å²) < 4.78 is 14.1. The van der Waals surface area contributed by atoms with Gasteiger partial charge in [-0.2, -0.15) is 0 Å². The van der Waals surface area contributed by atoms with Crippen molar-refractivity contribution in [2.24, 2.45) is 5.84 Å². The van der Waals surface area contributed by atoms with E-state index in [-0.39, 0.29) is 11.9 Å². The molecule has 2 aromatic carbocycles. The third-order valence-electron chi connectivity index (χ3n) is 3.82. The van der Waals surface area contributed by atoms with Gasteiger partial charge in [-0.3, -0.25) is 5.84 Å². The Morgan fingerprint density at radius 2 is 1.55 bits per heavy atom. The second kappa shape index (κ2) is 5.73. The van der Waals surface area contributed by atoms with Crippen molar-refractivity contribution in [3.8, 4) is 0 Å². The molecule has 2 rings (SSSR count). The summed E-state index contributed by atoms with van der Waals surface area (Å²) in [4.78, 5) is 0. The van der Waals surface area contributed by atoms with Crippen LogP contribution in [-0.4, -0.2) is 0 Å². The fourth-order valence-electron chi connectivity index (χ4n) is 2.53. The van der Waals surface area contributed by atoms with Crippen LogP contribution in [-0.2, 0) is 0 Å². The predicted molar refractivity (Wildman–Crippen MR) is 81.0 cm³/mol. The minimum absolute atomic E-state index is 0.240. The zero-order valence-electron chi connectivity index (χ0n) is 12.4. The summed E-state index contributed by atoms with van der Waals surface area (Å²) in [6.07, 6.45) is 0. The van der Waals surface area contributed by atoms with Crippen molar-refractivity contribution >= 4 is 0 Å². The molecule has 1 atom stereocenters. The average molecular weight is 272 g/mol. The largest absolute Gasteiger partial charge is 0.271 e. The van der Waals surface area contributed by atoms with E-state index in [4.69, 9.17) is 5.84 Å². The van der Waals surface area contributed by atoms with Gasteiger partial charge in [0, 0.05) is 5.56 Å². The molecule has 0 amide bonds. The van der Waals surface area contributed by atoms with Gasteiger partial charge in [0.15, 0.2) is 0 Å². The van der Waals surface area contributed by atoms with Crippen molar-refractivity contribution in [1.29, 1.82) is 0 Å². The van der Waals surface area contributed by atoms with Crippen molar-refractivity contribution in [3.05, 3.63) is 69.5 Å². The summed E-state index contributed by atoms with van der Waals surface area (Å²) >= 11 is 0. The van der Waals surface area contributed by atoms with Crippen molar-refractivity contribution in [2.45, 2.75) is 33.7 Å². The molecule has 2 aromatic rings. The Labute approximate surface area is 119 Å². The first-order chi connectivity index (χ1) is 9.43. The van der Waals surface area contributed by atoms with Crippen LogP contribution >= 0.6 is 0 Å². The maximum atomic E-state index is 14.1. The molecule has 0 fully saturated rings. The Bertz CT molecular complexity index is 635. The number of rotatable bonds is 3. The summed E-state index contributed by atoms with van der Waals surface area (Å²) in [7, 11) is 0. The molecule has 2 nitrogen and oxygen atoms in total. The van der Waals surface area contributed by atoms with Crippen LogP contribution in [0.25, 0.3) is 0 Å². The molecule has 0 aliphatic carbocycles. The molecule has 1 unspecified atom stereocenters. The first-order valence-electron chi connectivity index (χ1n) is 6.74. The Morgan fingerprint density at radius 1 is 0.900 bits per heavy atom.